The lowest BCUT2D eigenvalue weighted by molar-refractivity contribution is 0.600. The molecule has 0 radical (unpaired) electrons. The smallest absolute Gasteiger partial charge is 0.137 e. The highest BCUT2D eigenvalue weighted by molar-refractivity contribution is 5.85. The van der Waals surface area contributed by atoms with Gasteiger partial charge >= 0.3 is 0 Å². The third-order valence-electron chi connectivity index (χ3n) is 3.85. The molecule has 1 saturated carbocycles. The Hall–Kier alpha value is -2.05. The van der Waals surface area contributed by atoms with Crippen molar-refractivity contribution in [2.24, 2.45) is 0 Å². The second-order valence-corrected chi connectivity index (χ2v) is 5.17. The molecule has 1 fully saturated rings. The monoisotopic (exact) mass is 299 g/mol. The summed E-state index contributed by atoms with van der Waals surface area (Å²) < 4.78 is 0. The van der Waals surface area contributed by atoms with Crippen LogP contribution < -0.4 is 0 Å². The van der Waals surface area contributed by atoms with E-state index in [2.05, 4.69) is 16.0 Å². The maximum Gasteiger partial charge on any atom is 0.137 e. The Morgan fingerprint density at radius 2 is 1.81 bits per heavy atom. The number of nitrogens with one attached hydrogen (secondary N) is 1. The maximum atomic E-state index is 8.92. The van der Waals surface area contributed by atoms with Crippen LogP contribution in [0, 0.1) is 11.3 Å². The van der Waals surface area contributed by atoms with Crippen LogP contribution in [0.4, 0.5) is 0 Å². The number of hydrogen-bond donors (Lipinski definition) is 1. The molecule has 0 amide bonds. The highest BCUT2D eigenvalue weighted by atomic mass is 35.5. The lowest BCUT2D eigenvalue weighted by atomic mass is 9.87. The van der Waals surface area contributed by atoms with Crippen LogP contribution in [0.1, 0.15) is 49.1 Å². The second-order valence-electron chi connectivity index (χ2n) is 5.17. The molecule has 21 heavy (non-hydrogen) atoms. The molecular weight excluding hydrogens is 282 g/mol. The first kappa shape index (κ1) is 15.3. The molecule has 0 atom stereocenters. The molecule has 1 aliphatic carbocycles. The van der Waals surface area contributed by atoms with Crippen LogP contribution in [0.3, 0.4) is 0 Å². The fraction of sp³-hybridized carbons (Fsp3) is 0.294. The zero-order chi connectivity index (χ0) is 13.8. The molecule has 2 aromatic rings. The van der Waals surface area contributed by atoms with Crippen molar-refractivity contribution in [3.8, 4) is 6.07 Å². The molecule has 0 bridgehead atoms. The van der Waals surface area contributed by atoms with Crippen LogP contribution in [0.2, 0.25) is 0 Å². The van der Waals surface area contributed by atoms with Crippen molar-refractivity contribution in [1.29, 1.82) is 5.26 Å². The van der Waals surface area contributed by atoms with Crippen LogP contribution in [-0.4, -0.2) is 9.97 Å². The van der Waals surface area contributed by atoms with Gasteiger partial charge in [-0.05, 0) is 43.4 Å². The molecule has 1 aromatic carbocycles. The van der Waals surface area contributed by atoms with Gasteiger partial charge in [0, 0.05) is 18.0 Å². The molecular formula is C17H18ClN3. The minimum Gasteiger partial charge on any atom is -0.345 e. The van der Waals surface area contributed by atoms with Gasteiger partial charge in [-0.3, -0.25) is 0 Å². The van der Waals surface area contributed by atoms with E-state index in [-0.39, 0.29) is 12.4 Å². The summed E-state index contributed by atoms with van der Waals surface area (Å²) in [6, 6.07) is 9.97. The fourth-order valence-electron chi connectivity index (χ4n) is 2.85. The van der Waals surface area contributed by atoms with Gasteiger partial charge in [-0.25, -0.2) is 4.98 Å². The summed E-state index contributed by atoms with van der Waals surface area (Å²) in [6.45, 7) is 0. The van der Waals surface area contributed by atoms with Gasteiger partial charge in [0.15, 0.2) is 0 Å². The molecule has 4 heteroatoms. The molecule has 3 nitrogen and oxygen atoms in total. The first-order valence-electron chi connectivity index (χ1n) is 7.11. The average Bonchev–Trinajstić information content (AvgIpc) is 3.03. The first-order valence-corrected chi connectivity index (χ1v) is 7.11. The average molecular weight is 300 g/mol. The van der Waals surface area contributed by atoms with Crippen LogP contribution in [0.5, 0.6) is 0 Å². The van der Waals surface area contributed by atoms with E-state index < -0.39 is 0 Å². The van der Waals surface area contributed by atoms with Crippen molar-refractivity contribution in [3.05, 3.63) is 59.2 Å². The number of hydrogen-bond acceptors (Lipinski definition) is 2. The first-order chi connectivity index (χ1) is 9.88. The van der Waals surface area contributed by atoms with Gasteiger partial charge in [0.25, 0.3) is 0 Å². The highest BCUT2D eigenvalue weighted by Crippen LogP contribution is 2.33. The SMILES string of the molecule is Cl.N#Cc1ccc(C(=C2CCCCC2)c2ncc[nH]2)cc1. The van der Waals surface area contributed by atoms with Crippen LogP contribution in [0.25, 0.3) is 5.57 Å². The zero-order valence-electron chi connectivity index (χ0n) is 11.8. The van der Waals surface area contributed by atoms with Crippen molar-refractivity contribution >= 4 is 18.0 Å². The Labute approximate surface area is 131 Å². The van der Waals surface area contributed by atoms with Crippen molar-refractivity contribution in [3.63, 3.8) is 0 Å². The predicted octanol–water partition coefficient (Wildman–Crippen LogP) is 4.47. The van der Waals surface area contributed by atoms with Gasteiger partial charge in [0.05, 0.1) is 11.6 Å². The van der Waals surface area contributed by atoms with Crippen LogP contribution >= 0.6 is 12.4 Å². The predicted molar refractivity (Wildman–Crippen MR) is 86.1 cm³/mol. The van der Waals surface area contributed by atoms with Gasteiger partial charge in [0.1, 0.15) is 5.82 Å². The quantitative estimate of drug-likeness (QED) is 0.889. The van der Waals surface area contributed by atoms with E-state index in [4.69, 9.17) is 5.26 Å². The molecule has 0 saturated heterocycles. The summed E-state index contributed by atoms with van der Waals surface area (Å²) in [5.74, 6) is 0.937. The number of halogens is 1. The summed E-state index contributed by atoms with van der Waals surface area (Å²) in [5.41, 5.74) is 4.55. The topological polar surface area (TPSA) is 52.5 Å². The van der Waals surface area contributed by atoms with E-state index in [1.54, 1.807) is 6.20 Å². The number of imidazole rings is 1. The Morgan fingerprint density at radius 3 is 2.38 bits per heavy atom. The molecule has 3 rings (SSSR count). The summed E-state index contributed by atoms with van der Waals surface area (Å²) in [4.78, 5) is 7.66. The molecule has 0 spiro atoms. The van der Waals surface area contributed by atoms with Crippen molar-refractivity contribution in [2.75, 3.05) is 0 Å². The number of aromatic amines is 1. The maximum absolute atomic E-state index is 8.92. The second kappa shape index (κ2) is 7.10. The zero-order valence-corrected chi connectivity index (χ0v) is 12.6. The van der Waals surface area contributed by atoms with E-state index in [1.807, 2.05) is 30.5 Å². The number of aromatic nitrogens is 2. The Kier molecular flexibility index (Phi) is 5.19. The van der Waals surface area contributed by atoms with E-state index >= 15 is 0 Å². The van der Waals surface area contributed by atoms with E-state index in [0.717, 1.165) is 24.2 Å². The molecule has 108 valence electrons. The molecule has 1 N–H and O–H groups in total. The Bertz CT molecular complexity index is 640. The van der Waals surface area contributed by atoms with Crippen molar-refractivity contribution in [1.82, 2.24) is 9.97 Å². The van der Waals surface area contributed by atoms with Gasteiger partial charge in [-0.1, -0.05) is 24.1 Å². The molecule has 1 aliphatic rings. The molecule has 1 aromatic heterocycles. The standard InChI is InChI=1S/C17H17N3.ClH/c18-12-13-6-8-15(9-7-13)16(17-19-10-11-20-17)14-4-2-1-3-5-14;/h6-11H,1-5H2,(H,19,20);1H. The van der Waals surface area contributed by atoms with Gasteiger partial charge in [-0.15, -0.1) is 12.4 Å². The lowest BCUT2D eigenvalue weighted by Gasteiger charge is -2.18. The summed E-state index contributed by atoms with van der Waals surface area (Å²) in [6.07, 6.45) is 9.80. The highest BCUT2D eigenvalue weighted by Gasteiger charge is 2.16. The van der Waals surface area contributed by atoms with Crippen molar-refractivity contribution < 1.29 is 0 Å². The molecule has 1 heterocycles. The number of benzene rings is 1. The van der Waals surface area contributed by atoms with E-state index in [9.17, 15) is 0 Å². The number of rotatable bonds is 2. The number of nitrogens with zero attached hydrogens (tertiary/aromatic N) is 2. The van der Waals surface area contributed by atoms with E-state index in [0.29, 0.717) is 5.56 Å². The fourth-order valence-corrected chi connectivity index (χ4v) is 2.85. The minimum atomic E-state index is 0. The minimum absolute atomic E-state index is 0. The molecule has 0 aliphatic heterocycles. The van der Waals surface area contributed by atoms with Crippen LogP contribution in [0.15, 0.2) is 42.2 Å². The van der Waals surface area contributed by atoms with Gasteiger partial charge in [-0.2, -0.15) is 5.26 Å². The summed E-state index contributed by atoms with van der Waals surface area (Å²) in [5, 5.41) is 8.92. The normalized spacial score (nSPS) is 14.1. The summed E-state index contributed by atoms with van der Waals surface area (Å²) in [7, 11) is 0. The number of nitriles is 1. The third kappa shape index (κ3) is 3.34. The third-order valence-corrected chi connectivity index (χ3v) is 3.85. The lowest BCUT2D eigenvalue weighted by Crippen LogP contribution is -2.01. The van der Waals surface area contributed by atoms with E-state index in [1.165, 1.54) is 30.4 Å². The largest absolute Gasteiger partial charge is 0.345 e. The molecule has 0 unspecified atom stereocenters. The van der Waals surface area contributed by atoms with Gasteiger partial charge < -0.3 is 4.98 Å². The Morgan fingerprint density at radius 1 is 1.10 bits per heavy atom. The van der Waals surface area contributed by atoms with Crippen molar-refractivity contribution in [2.45, 2.75) is 32.1 Å². The summed E-state index contributed by atoms with van der Waals surface area (Å²) >= 11 is 0. The Balaban J connectivity index is 0.00000161. The van der Waals surface area contributed by atoms with Crippen LogP contribution in [-0.2, 0) is 0 Å². The van der Waals surface area contributed by atoms with Gasteiger partial charge in [0.2, 0.25) is 0 Å². The number of H-pyrrole nitrogens is 1. The number of allylic oxidation sites excluding steroid dienone is 1.